The zero-order chi connectivity index (χ0) is 19.6. The van der Waals surface area contributed by atoms with Crippen LogP contribution in [-0.4, -0.2) is 24.8 Å². The molecule has 1 amide bonds. The molecule has 0 spiro atoms. The summed E-state index contributed by atoms with van der Waals surface area (Å²) in [4.78, 5) is 26.1. The fourth-order valence-electron chi connectivity index (χ4n) is 3.30. The standard InChI is InChI=1S/C21H21Cl2NO3/c1-13(2)12-24-18-8-7-14(22)11-16(18)20(15-5-3-4-6-17(15)23)27-19(9-10-25)21(24)26/h3-8,10-11,13,19-20H,9,12H2,1-2H3. The topological polar surface area (TPSA) is 46.6 Å². The molecule has 0 bridgehead atoms. The summed E-state index contributed by atoms with van der Waals surface area (Å²) in [5.41, 5.74) is 2.23. The number of rotatable bonds is 5. The molecule has 0 radical (unpaired) electrons. The number of fused-ring (bicyclic) bond motifs is 1. The van der Waals surface area contributed by atoms with E-state index in [9.17, 15) is 9.59 Å². The van der Waals surface area contributed by atoms with E-state index in [0.29, 0.717) is 22.9 Å². The lowest BCUT2D eigenvalue weighted by molar-refractivity contribution is -0.134. The quantitative estimate of drug-likeness (QED) is 0.653. The van der Waals surface area contributed by atoms with E-state index < -0.39 is 12.2 Å². The smallest absolute Gasteiger partial charge is 0.256 e. The van der Waals surface area contributed by atoms with Crippen molar-refractivity contribution in [2.45, 2.75) is 32.5 Å². The van der Waals surface area contributed by atoms with Gasteiger partial charge in [0.1, 0.15) is 18.5 Å². The average Bonchev–Trinajstić information content (AvgIpc) is 2.73. The second kappa shape index (κ2) is 8.42. The van der Waals surface area contributed by atoms with E-state index in [1.807, 2.05) is 38.1 Å². The molecule has 0 N–H and O–H groups in total. The highest BCUT2D eigenvalue weighted by Crippen LogP contribution is 2.41. The van der Waals surface area contributed by atoms with Crippen molar-refractivity contribution < 1.29 is 14.3 Å². The van der Waals surface area contributed by atoms with E-state index in [4.69, 9.17) is 27.9 Å². The maximum Gasteiger partial charge on any atom is 0.256 e. The number of hydrogen-bond acceptors (Lipinski definition) is 3. The van der Waals surface area contributed by atoms with Gasteiger partial charge in [-0.05, 0) is 30.2 Å². The molecule has 1 aliphatic heterocycles. The van der Waals surface area contributed by atoms with Crippen LogP contribution in [0.15, 0.2) is 42.5 Å². The Morgan fingerprint density at radius 1 is 1.15 bits per heavy atom. The first kappa shape index (κ1) is 19.9. The summed E-state index contributed by atoms with van der Waals surface area (Å²) in [6, 6.07) is 12.7. The molecule has 2 unspecified atom stereocenters. The number of carbonyl (C=O) groups is 2. The Morgan fingerprint density at radius 2 is 1.89 bits per heavy atom. The fourth-order valence-corrected chi connectivity index (χ4v) is 3.71. The van der Waals surface area contributed by atoms with Crippen molar-refractivity contribution >= 4 is 41.1 Å². The van der Waals surface area contributed by atoms with Gasteiger partial charge in [-0.25, -0.2) is 0 Å². The van der Waals surface area contributed by atoms with Gasteiger partial charge in [0, 0.05) is 39.8 Å². The molecule has 2 atom stereocenters. The number of amides is 1. The summed E-state index contributed by atoms with van der Waals surface area (Å²) in [5.74, 6) is 0.0140. The van der Waals surface area contributed by atoms with Gasteiger partial charge < -0.3 is 14.4 Å². The van der Waals surface area contributed by atoms with Gasteiger partial charge in [0.25, 0.3) is 5.91 Å². The van der Waals surface area contributed by atoms with Crippen molar-refractivity contribution in [3.8, 4) is 0 Å². The molecular formula is C21H21Cl2NO3. The van der Waals surface area contributed by atoms with E-state index in [1.165, 1.54) is 0 Å². The molecule has 0 saturated heterocycles. The maximum atomic E-state index is 13.2. The Balaban J connectivity index is 2.21. The van der Waals surface area contributed by atoms with Crippen LogP contribution in [-0.2, 0) is 14.3 Å². The van der Waals surface area contributed by atoms with E-state index in [0.717, 1.165) is 16.8 Å². The minimum Gasteiger partial charge on any atom is -0.355 e. The van der Waals surface area contributed by atoms with Gasteiger partial charge in [-0.3, -0.25) is 4.79 Å². The molecule has 142 valence electrons. The van der Waals surface area contributed by atoms with Crippen LogP contribution in [0.2, 0.25) is 10.0 Å². The molecule has 27 heavy (non-hydrogen) atoms. The molecule has 2 aromatic carbocycles. The van der Waals surface area contributed by atoms with E-state index in [1.54, 1.807) is 23.1 Å². The SMILES string of the molecule is CC(C)CN1C(=O)C(CC=O)OC(c2ccccc2Cl)c2cc(Cl)ccc21. The summed E-state index contributed by atoms with van der Waals surface area (Å²) < 4.78 is 6.16. The lowest BCUT2D eigenvalue weighted by atomic mass is 9.99. The van der Waals surface area contributed by atoms with Crippen molar-refractivity contribution in [1.29, 1.82) is 0 Å². The zero-order valence-corrected chi connectivity index (χ0v) is 16.7. The molecular weight excluding hydrogens is 385 g/mol. The number of carbonyl (C=O) groups excluding carboxylic acids is 2. The predicted octanol–water partition coefficient (Wildman–Crippen LogP) is 5.06. The highest BCUT2D eigenvalue weighted by atomic mass is 35.5. The van der Waals surface area contributed by atoms with Crippen molar-refractivity contribution in [3.05, 3.63) is 63.6 Å². The summed E-state index contributed by atoms with van der Waals surface area (Å²) in [6.07, 6.45) is -0.786. The van der Waals surface area contributed by atoms with Crippen LogP contribution in [0.1, 0.15) is 37.5 Å². The zero-order valence-electron chi connectivity index (χ0n) is 15.2. The van der Waals surface area contributed by atoms with Crippen molar-refractivity contribution in [2.75, 3.05) is 11.4 Å². The third-order valence-corrected chi connectivity index (χ3v) is 5.03. The summed E-state index contributed by atoms with van der Waals surface area (Å²) in [5, 5.41) is 1.07. The molecule has 4 nitrogen and oxygen atoms in total. The third-order valence-electron chi connectivity index (χ3n) is 4.45. The molecule has 0 aliphatic carbocycles. The van der Waals surface area contributed by atoms with Crippen LogP contribution < -0.4 is 4.90 Å². The minimum atomic E-state index is -0.881. The maximum absolute atomic E-state index is 13.2. The van der Waals surface area contributed by atoms with Gasteiger partial charge in [0.15, 0.2) is 0 Å². The molecule has 1 aliphatic rings. The van der Waals surface area contributed by atoms with E-state index in [2.05, 4.69) is 0 Å². The largest absolute Gasteiger partial charge is 0.355 e. The van der Waals surface area contributed by atoms with Gasteiger partial charge >= 0.3 is 0 Å². The van der Waals surface area contributed by atoms with Crippen LogP contribution >= 0.6 is 23.2 Å². The number of hydrogen-bond donors (Lipinski definition) is 0. The number of ether oxygens (including phenoxy) is 1. The van der Waals surface area contributed by atoms with Crippen molar-refractivity contribution in [1.82, 2.24) is 0 Å². The van der Waals surface area contributed by atoms with Crippen molar-refractivity contribution in [3.63, 3.8) is 0 Å². The van der Waals surface area contributed by atoms with Crippen molar-refractivity contribution in [2.24, 2.45) is 5.92 Å². The summed E-state index contributed by atoms with van der Waals surface area (Å²) in [7, 11) is 0. The first-order chi connectivity index (χ1) is 12.9. The van der Waals surface area contributed by atoms with Crippen LogP contribution in [0.3, 0.4) is 0 Å². The fraction of sp³-hybridized carbons (Fsp3) is 0.333. The number of aldehydes is 1. The second-order valence-electron chi connectivity index (χ2n) is 6.97. The van der Waals surface area contributed by atoms with Gasteiger partial charge in [-0.15, -0.1) is 0 Å². The Morgan fingerprint density at radius 3 is 2.56 bits per heavy atom. The molecule has 2 aromatic rings. The van der Waals surface area contributed by atoms with Crippen LogP contribution in [0.4, 0.5) is 5.69 Å². The molecule has 3 rings (SSSR count). The number of halogens is 2. The van der Waals surface area contributed by atoms with E-state index >= 15 is 0 Å². The Hall–Kier alpha value is -1.88. The molecule has 1 heterocycles. The number of anilines is 1. The number of benzene rings is 2. The van der Waals surface area contributed by atoms with Crippen LogP contribution in [0.5, 0.6) is 0 Å². The number of nitrogens with zero attached hydrogens (tertiary/aromatic N) is 1. The highest BCUT2D eigenvalue weighted by Gasteiger charge is 2.37. The monoisotopic (exact) mass is 405 g/mol. The molecule has 0 saturated carbocycles. The lowest BCUT2D eigenvalue weighted by Crippen LogP contribution is -2.41. The second-order valence-corrected chi connectivity index (χ2v) is 7.82. The minimum absolute atomic E-state index is 0.0178. The van der Waals surface area contributed by atoms with Gasteiger partial charge in [-0.1, -0.05) is 55.2 Å². The van der Waals surface area contributed by atoms with E-state index in [-0.39, 0.29) is 18.2 Å². The van der Waals surface area contributed by atoms with Gasteiger partial charge in [-0.2, -0.15) is 0 Å². The van der Waals surface area contributed by atoms with Gasteiger partial charge in [0.05, 0.1) is 0 Å². The average molecular weight is 406 g/mol. The lowest BCUT2D eigenvalue weighted by Gasteiger charge is -2.26. The third kappa shape index (κ3) is 4.18. The summed E-state index contributed by atoms with van der Waals surface area (Å²) >= 11 is 12.7. The summed E-state index contributed by atoms with van der Waals surface area (Å²) in [6.45, 7) is 4.59. The van der Waals surface area contributed by atoms with Crippen LogP contribution in [0, 0.1) is 5.92 Å². The Kier molecular flexibility index (Phi) is 6.20. The molecule has 0 aromatic heterocycles. The predicted molar refractivity (Wildman–Crippen MR) is 107 cm³/mol. The Bertz CT molecular complexity index is 853. The Labute approximate surface area is 169 Å². The van der Waals surface area contributed by atoms with Crippen LogP contribution in [0.25, 0.3) is 0 Å². The highest BCUT2D eigenvalue weighted by molar-refractivity contribution is 6.31. The molecule has 6 heteroatoms. The normalized spacial score (nSPS) is 19.7. The molecule has 0 fully saturated rings. The first-order valence-electron chi connectivity index (χ1n) is 8.86. The van der Waals surface area contributed by atoms with Gasteiger partial charge in [0.2, 0.25) is 0 Å². The first-order valence-corrected chi connectivity index (χ1v) is 9.62.